The summed E-state index contributed by atoms with van der Waals surface area (Å²) in [7, 11) is 3.55. The normalized spacial score (nSPS) is 17.6. The summed E-state index contributed by atoms with van der Waals surface area (Å²) in [5.41, 5.74) is -0.781. The maximum atomic E-state index is 13.2. The fourth-order valence-electron chi connectivity index (χ4n) is 5.02. The van der Waals surface area contributed by atoms with Gasteiger partial charge >= 0.3 is 5.97 Å². The van der Waals surface area contributed by atoms with Crippen molar-refractivity contribution >= 4 is 51.8 Å². The number of nitrogens with zero attached hydrogens (tertiary/aromatic N) is 1. The first-order valence-corrected chi connectivity index (χ1v) is 15.4. The summed E-state index contributed by atoms with van der Waals surface area (Å²) in [4.78, 5) is 29.1. The largest absolute Gasteiger partial charge is 0.496 e. The van der Waals surface area contributed by atoms with Gasteiger partial charge in [-0.2, -0.15) is 0 Å². The summed E-state index contributed by atoms with van der Waals surface area (Å²) < 4.78 is 11.1. The molecular formula is C29H35ClN2O6S2. The van der Waals surface area contributed by atoms with Crippen LogP contribution in [0.4, 0.5) is 5.69 Å². The number of hydrogen-bond donors (Lipinski definition) is 3. The Labute approximate surface area is 247 Å². The molecule has 0 atom stereocenters. The molecule has 0 aliphatic heterocycles. The molecule has 3 aromatic rings. The van der Waals surface area contributed by atoms with E-state index in [0.717, 1.165) is 32.2 Å². The number of carbonyl (C=O) groups is 2. The van der Waals surface area contributed by atoms with Gasteiger partial charge in [0.25, 0.3) is 0 Å². The van der Waals surface area contributed by atoms with Gasteiger partial charge in [0.1, 0.15) is 11.9 Å². The highest BCUT2D eigenvalue weighted by molar-refractivity contribution is 7.12. The number of aliphatic hydroxyl groups is 2. The molecule has 2 aromatic heterocycles. The summed E-state index contributed by atoms with van der Waals surface area (Å²) in [6, 6.07) is 10.7. The van der Waals surface area contributed by atoms with Crippen molar-refractivity contribution in [2.24, 2.45) is 0 Å². The number of anilines is 1. The Bertz CT molecular complexity index is 1230. The third-order valence-electron chi connectivity index (χ3n) is 7.32. The van der Waals surface area contributed by atoms with Gasteiger partial charge in [-0.05, 0) is 74.7 Å². The Kier molecular flexibility index (Phi) is 10.6. The molecule has 1 aromatic carbocycles. The van der Waals surface area contributed by atoms with Crippen LogP contribution in [0.15, 0.2) is 47.2 Å². The molecule has 2 heterocycles. The Morgan fingerprint density at radius 1 is 1.12 bits per heavy atom. The topological polar surface area (TPSA) is 108 Å². The van der Waals surface area contributed by atoms with Crippen LogP contribution in [0.2, 0.25) is 5.02 Å². The summed E-state index contributed by atoms with van der Waals surface area (Å²) in [6.07, 6.45) is 3.94. The molecule has 0 unspecified atom stereocenters. The van der Waals surface area contributed by atoms with Gasteiger partial charge in [-0.15, -0.1) is 22.7 Å². The van der Waals surface area contributed by atoms with Crippen molar-refractivity contribution in [2.75, 3.05) is 26.0 Å². The molecule has 0 bridgehead atoms. The van der Waals surface area contributed by atoms with Crippen LogP contribution < -0.4 is 10.1 Å². The van der Waals surface area contributed by atoms with E-state index in [2.05, 4.69) is 17.3 Å². The number of hydrogen-bond acceptors (Lipinski definition) is 9. The number of nitrogens with one attached hydrogen (secondary N) is 1. The molecule has 1 aliphatic carbocycles. The van der Waals surface area contributed by atoms with E-state index < -0.39 is 11.6 Å². The molecule has 8 nitrogen and oxygen atoms in total. The van der Waals surface area contributed by atoms with E-state index in [9.17, 15) is 19.8 Å². The van der Waals surface area contributed by atoms with Crippen LogP contribution in [0.25, 0.3) is 0 Å². The number of benzene rings is 1. The maximum absolute atomic E-state index is 13.2. The molecule has 0 spiro atoms. The Morgan fingerprint density at radius 3 is 2.33 bits per heavy atom. The van der Waals surface area contributed by atoms with Gasteiger partial charge in [-0.25, -0.2) is 4.79 Å². The molecule has 216 valence electrons. The monoisotopic (exact) mass is 606 g/mol. The minimum absolute atomic E-state index is 0.145. The zero-order valence-corrected chi connectivity index (χ0v) is 25.0. The first-order valence-electron chi connectivity index (χ1n) is 13.2. The van der Waals surface area contributed by atoms with E-state index in [1.165, 1.54) is 29.8 Å². The van der Waals surface area contributed by atoms with Gasteiger partial charge < -0.3 is 29.9 Å². The second-order valence-electron chi connectivity index (χ2n) is 9.94. The molecule has 1 aliphatic rings. The number of methoxy groups -OCH3 is 1. The molecule has 1 amide bonds. The summed E-state index contributed by atoms with van der Waals surface area (Å²) in [5.74, 6) is -0.302. The first-order chi connectivity index (χ1) is 19.3. The summed E-state index contributed by atoms with van der Waals surface area (Å²) in [6.45, 7) is 0.542. The number of aliphatic hydroxyl groups excluding tert-OH is 1. The molecule has 0 saturated heterocycles. The van der Waals surface area contributed by atoms with Crippen molar-refractivity contribution < 1.29 is 29.3 Å². The minimum Gasteiger partial charge on any atom is -0.496 e. The number of esters is 1. The number of thiophene rings is 2. The van der Waals surface area contributed by atoms with E-state index in [-0.39, 0.29) is 18.6 Å². The lowest BCUT2D eigenvalue weighted by molar-refractivity contribution is -0.169. The highest BCUT2D eigenvalue weighted by Gasteiger charge is 2.45. The fraction of sp³-hybridized carbons (Fsp3) is 0.448. The number of rotatable bonds is 12. The van der Waals surface area contributed by atoms with Crippen molar-refractivity contribution in [3.8, 4) is 5.75 Å². The van der Waals surface area contributed by atoms with E-state index in [1.807, 2.05) is 22.9 Å². The van der Waals surface area contributed by atoms with Crippen LogP contribution in [0, 0.1) is 0 Å². The van der Waals surface area contributed by atoms with Crippen LogP contribution in [0.5, 0.6) is 5.75 Å². The van der Waals surface area contributed by atoms with Crippen LogP contribution in [-0.4, -0.2) is 59.8 Å². The summed E-state index contributed by atoms with van der Waals surface area (Å²) in [5, 5.41) is 27.7. The number of amides is 1. The zero-order chi connectivity index (χ0) is 28.7. The van der Waals surface area contributed by atoms with Crippen LogP contribution in [0.1, 0.15) is 53.8 Å². The number of ether oxygens (including phenoxy) is 2. The summed E-state index contributed by atoms with van der Waals surface area (Å²) >= 11 is 8.92. The molecule has 0 radical (unpaired) electrons. The SMILES string of the molecule is COc1cc(NC(=O)CCCN(C)[C@H]2CC[C@H](OC(=O)C(O)(c3cccs3)c3cccs3)CC2)c(Cl)cc1CO. The zero-order valence-electron chi connectivity index (χ0n) is 22.6. The fourth-order valence-corrected chi connectivity index (χ4v) is 6.97. The van der Waals surface area contributed by atoms with Gasteiger partial charge in [0.15, 0.2) is 0 Å². The predicted octanol–water partition coefficient (Wildman–Crippen LogP) is 5.40. The lowest BCUT2D eigenvalue weighted by Gasteiger charge is -2.35. The molecule has 3 N–H and O–H groups in total. The Hall–Kier alpha value is -2.47. The third-order valence-corrected chi connectivity index (χ3v) is 9.59. The van der Waals surface area contributed by atoms with Crippen LogP contribution >= 0.6 is 34.3 Å². The lowest BCUT2D eigenvalue weighted by atomic mass is 9.91. The Morgan fingerprint density at radius 2 is 1.77 bits per heavy atom. The van der Waals surface area contributed by atoms with Crippen molar-refractivity contribution in [3.05, 3.63) is 67.5 Å². The quantitative estimate of drug-likeness (QED) is 0.237. The Balaban J connectivity index is 1.22. The standard InChI is InChI=1S/C29H35ClN2O6S2/c1-32(13-3-8-27(34)31-23-17-24(37-2)19(18-33)16-22(23)30)20-9-11-21(12-10-20)38-28(35)29(36,25-6-4-14-39-25)26-7-5-15-40-26/h4-7,14-17,20-21,33,36H,3,8-13,18H2,1-2H3,(H,31,34)/t20-,21-. The minimum atomic E-state index is -1.78. The van der Waals surface area contributed by atoms with Gasteiger partial charge in [-0.3, -0.25) is 4.79 Å². The molecule has 4 rings (SSSR count). The second-order valence-corrected chi connectivity index (χ2v) is 12.2. The highest BCUT2D eigenvalue weighted by atomic mass is 35.5. The van der Waals surface area contributed by atoms with E-state index in [0.29, 0.717) is 50.7 Å². The van der Waals surface area contributed by atoms with Gasteiger partial charge in [0, 0.05) is 24.1 Å². The second kappa shape index (κ2) is 13.9. The predicted molar refractivity (Wildman–Crippen MR) is 158 cm³/mol. The molecular weight excluding hydrogens is 572 g/mol. The van der Waals surface area contributed by atoms with Crippen molar-refractivity contribution in [2.45, 2.75) is 62.9 Å². The van der Waals surface area contributed by atoms with E-state index in [4.69, 9.17) is 21.1 Å². The molecule has 40 heavy (non-hydrogen) atoms. The van der Waals surface area contributed by atoms with Crippen molar-refractivity contribution in [1.29, 1.82) is 0 Å². The average Bonchev–Trinajstić information content (AvgIpc) is 3.69. The molecule has 1 fully saturated rings. The number of carbonyl (C=O) groups excluding carboxylic acids is 2. The van der Waals surface area contributed by atoms with Crippen molar-refractivity contribution in [1.82, 2.24) is 4.90 Å². The lowest BCUT2D eigenvalue weighted by Crippen LogP contribution is -2.42. The van der Waals surface area contributed by atoms with Crippen LogP contribution in [-0.2, 0) is 26.5 Å². The van der Waals surface area contributed by atoms with Gasteiger partial charge in [0.05, 0.1) is 34.2 Å². The van der Waals surface area contributed by atoms with Crippen LogP contribution in [0.3, 0.4) is 0 Å². The first kappa shape index (κ1) is 30.5. The third kappa shape index (κ3) is 7.05. The van der Waals surface area contributed by atoms with E-state index >= 15 is 0 Å². The van der Waals surface area contributed by atoms with Gasteiger partial charge in [0.2, 0.25) is 11.5 Å². The van der Waals surface area contributed by atoms with Crippen molar-refractivity contribution in [3.63, 3.8) is 0 Å². The molecule has 1 saturated carbocycles. The average molecular weight is 607 g/mol. The van der Waals surface area contributed by atoms with Gasteiger partial charge in [-0.1, -0.05) is 23.7 Å². The molecule has 11 heteroatoms. The highest BCUT2D eigenvalue weighted by Crippen LogP contribution is 2.38. The van der Waals surface area contributed by atoms with E-state index in [1.54, 1.807) is 24.3 Å². The number of halogens is 1. The smallest absolute Gasteiger partial charge is 0.349 e. The maximum Gasteiger partial charge on any atom is 0.349 e.